The van der Waals surface area contributed by atoms with Gasteiger partial charge in [-0.1, -0.05) is 12.1 Å². The zero-order valence-corrected chi connectivity index (χ0v) is 18.9. The Bertz CT molecular complexity index is 1330. The molecule has 0 saturated heterocycles. The molecule has 2 aromatic heterocycles. The van der Waals surface area contributed by atoms with Crippen molar-refractivity contribution in [1.82, 2.24) is 15.0 Å². The normalized spacial score (nSPS) is 11.2. The molecule has 0 aliphatic heterocycles. The number of hydrogen-bond acceptors (Lipinski definition) is 5. The highest BCUT2D eigenvalue weighted by atomic mass is 19.4. The number of nitrogens with zero attached hydrogens (tertiary/aromatic N) is 3. The fourth-order valence-electron chi connectivity index (χ4n) is 2.86. The first-order chi connectivity index (χ1) is 17.2. The van der Waals surface area contributed by atoms with E-state index in [0.717, 1.165) is 46.4 Å². The second kappa shape index (κ2) is 12.0. The minimum atomic E-state index is -5.08. The van der Waals surface area contributed by atoms with Gasteiger partial charge in [-0.25, -0.2) is 19.6 Å². The van der Waals surface area contributed by atoms with E-state index in [0.29, 0.717) is 0 Å². The summed E-state index contributed by atoms with van der Waals surface area (Å²) in [6.07, 6.45) is -5.68. The number of benzene rings is 2. The lowest BCUT2D eigenvalue weighted by molar-refractivity contribution is -0.617. The van der Waals surface area contributed by atoms with Gasteiger partial charge in [0, 0.05) is 42.7 Å². The first-order valence-corrected chi connectivity index (χ1v) is 10.2. The van der Waals surface area contributed by atoms with Crippen molar-refractivity contribution in [3.8, 4) is 0 Å². The van der Waals surface area contributed by atoms with Crippen LogP contribution in [0.25, 0.3) is 22.1 Å². The van der Waals surface area contributed by atoms with E-state index in [1.54, 1.807) is 6.33 Å². The lowest BCUT2D eigenvalue weighted by atomic mass is 10.2. The number of fused-ring (bicyclic) bond motifs is 2. The van der Waals surface area contributed by atoms with Crippen LogP contribution in [-0.4, -0.2) is 56.0 Å². The Labute approximate surface area is 204 Å². The minimum Gasteiger partial charge on any atom is -0.475 e. The van der Waals surface area contributed by atoms with Crippen LogP contribution in [-0.2, 0) is 23.1 Å². The summed E-state index contributed by atoms with van der Waals surface area (Å²) in [7, 11) is 2.08. The molecule has 0 aliphatic rings. The molecule has 9 nitrogen and oxygen atoms in total. The average molecular weight is 532 g/mol. The van der Waals surface area contributed by atoms with Gasteiger partial charge in [-0.05, 0) is 18.2 Å². The third-order valence-corrected chi connectivity index (χ3v) is 4.58. The molecule has 198 valence electrons. The molecule has 4 N–H and O–H groups in total. The van der Waals surface area contributed by atoms with E-state index in [2.05, 4.69) is 51.2 Å². The van der Waals surface area contributed by atoms with E-state index in [1.807, 2.05) is 24.4 Å². The molecular weight excluding hydrogens is 512 g/mol. The molecule has 0 aliphatic carbocycles. The van der Waals surface area contributed by atoms with Gasteiger partial charge in [0.25, 0.3) is 0 Å². The van der Waals surface area contributed by atoms with E-state index in [4.69, 9.17) is 24.8 Å². The van der Waals surface area contributed by atoms with Crippen molar-refractivity contribution >= 4 is 39.7 Å². The predicted molar refractivity (Wildman–Crippen MR) is 119 cm³/mol. The van der Waals surface area contributed by atoms with Gasteiger partial charge < -0.3 is 20.5 Å². The summed E-state index contributed by atoms with van der Waals surface area (Å²) < 4.78 is 65.7. The Kier molecular flexibility index (Phi) is 9.35. The quantitative estimate of drug-likeness (QED) is 0.178. The van der Waals surface area contributed by atoms with Crippen LogP contribution in [0.3, 0.4) is 0 Å². The molecular formula is C22H20F6N5O4+. The van der Waals surface area contributed by atoms with E-state index >= 15 is 0 Å². The molecule has 0 bridgehead atoms. The molecule has 0 fully saturated rings. The van der Waals surface area contributed by atoms with Crippen LogP contribution in [0.4, 0.5) is 32.0 Å². The van der Waals surface area contributed by atoms with Gasteiger partial charge in [0.15, 0.2) is 0 Å². The number of anilines is 1. The van der Waals surface area contributed by atoms with Crippen molar-refractivity contribution in [3.05, 3.63) is 60.7 Å². The van der Waals surface area contributed by atoms with Gasteiger partial charge in [0.2, 0.25) is 11.0 Å². The molecule has 2 aromatic carbocycles. The molecule has 0 atom stereocenters. The maximum atomic E-state index is 10.6. The number of aromatic amines is 1. The summed E-state index contributed by atoms with van der Waals surface area (Å²) in [5, 5.41) is 17.7. The van der Waals surface area contributed by atoms with Gasteiger partial charge in [-0.2, -0.15) is 30.9 Å². The number of hydrogen-bond donors (Lipinski definition) is 4. The topological polar surface area (TPSA) is 132 Å². The summed E-state index contributed by atoms with van der Waals surface area (Å²) in [5.41, 5.74) is 6.51. The van der Waals surface area contributed by atoms with Gasteiger partial charge in [-0.3, -0.25) is 0 Å². The smallest absolute Gasteiger partial charge is 0.475 e. The lowest BCUT2D eigenvalue weighted by Crippen LogP contribution is -2.30. The van der Waals surface area contributed by atoms with Gasteiger partial charge in [-0.15, -0.1) is 0 Å². The Morgan fingerprint density at radius 1 is 0.946 bits per heavy atom. The molecule has 4 aromatic rings. The van der Waals surface area contributed by atoms with Crippen LogP contribution in [0, 0.1) is 0 Å². The first-order valence-electron chi connectivity index (χ1n) is 10.2. The molecule has 37 heavy (non-hydrogen) atoms. The van der Waals surface area contributed by atoms with Crippen molar-refractivity contribution in [2.24, 2.45) is 7.05 Å². The fraction of sp³-hybridized carbons (Fsp3) is 0.227. The molecule has 0 radical (unpaired) electrons. The van der Waals surface area contributed by atoms with Crippen LogP contribution in [0.5, 0.6) is 0 Å². The van der Waals surface area contributed by atoms with Crippen molar-refractivity contribution in [1.29, 1.82) is 0 Å². The summed E-state index contributed by atoms with van der Waals surface area (Å²) in [4.78, 5) is 29.7. The van der Waals surface area contributed by atoms with E-state index in [-0.39, 0.29) is 0 Å². The van der Waals surface area contributed by atoms with Crippen LogP contribution >= 0.6 is 0 Å². The average Bonchev–Trinajstić information content (AvgIpc) is 3.33. The molecule has 2 heterocycles. The first kappa shape index (κ1) is 28.8. The highest BCUT2D eigenvalue weighted by Crippen LogP contribution is 2.18. The number of para-hydroxylation sites is 2. The third-order valence-electron chi connectivity index (χ3n) is 4.58. The lowest BCUT2D eigenvalue weighted by Gasteiger charge is -2.07. The highest BCUT2D eigenvalue weighted by Gasteiger charge is 2.38. The maximum absolute atomic E-state index is 10.6. The number of carboxylic acid groups (broad SMARTS) is 2. The van der Waals surface area contributed by atoms with Crippen LogP contribution in [0.1, 0.15) is 5.69 Å². The summed E-state index contributed by atoms with van der Waals surface area (Å²) in [5.74, 6) is -5.51. The number of H-pyrrole nitrogens is 1. The Morgan fingerprint density at radius 3 is 2.05 bits per heavy atom. The van der Waals surface area contributed by atoms with Crippen molar-refractivity contribution in [3.63, 3.8) is 0 Å². The van der Waals surface area contributed by atoms with Crippen LogP contribution in [0.15, 0.2) is 55.0 Å². The number of rotatable bonds is 4. The number of nitrogens with one attached hydrogen (secondary N) is 2. The van der Waals surface area contributed by atoms with E-state index in [9.17, 15) is 26.3 Å². The summed E-state index contributed by atoms with van der Waals surface area (Å²) in [6.45, 7) is 0.860. The fourth-order valence-corrected chi connectivity index (χ4v) is 2.86. The number of aryl methyl sites for hydroxylation is 1. The zero-order valence-electron chi connectivity index (χ0n) is 18.9. The number of aromatic nitrogens is 4. The number of imidazole rings is 1. The van der Waals surface area contributed by atoms with Gasteiger partial charge >= 0.3 is 24.3 Å². The van der Waals surface area contributed by atoms with Gasteiger partial charge in [0.05, 0.1) is 6.33 Å². The van der Waals surface area contributed by atoms with E-state index in [1.165, 1.54) is 0 Å². The minimum absolute atomic E-state index is 0.860. The second-order valence-electron chi connectivity index (χ2n) is 7.22. The third kappa shape index (κ3) is 8.63. The van der Waals surface area contributed by atoms with Crippen molar-refractivity contribution in [2.75, 3.05) is 11.9 Å². The number of aliphatic carboxylic acids is 2. The summed E-state index contributed by atoms with van der Waals surface area (Å²) in [6, 6.07) is 14.5. The van der Waals surface area contributed by atoms with Crippen LogP contribution < -0.4 is 9.88 Å². The molecule has 15 heteroatoms. The molecule has 0 spiro atoms. The largest absolute Gasteiger partial charge is 0.490 e. The number of halogens is 6. The zero-order chi connectivity index (χ0) is 27.8. The molecule has 0 saturated carbocycles. The molecule has 4 rings (SSSR count). The van der Waals surface area contributed by atoms with Crippen molar-refractivity contribution < 1.29 is 50.7 Å². The Hall–Kier alpha value is -4.43. The standard InChI is InChI=1S/C18H17N5.2C2HF3O2/c1-23-17-5-3-2-4-15(17)22-16-7-6-13(10-18(16)23)20-9-8-14-11-19-12-21-14;2*3-2(4,5)1(6)7/h2-7,10-12H,8-9H2,1H3,(H,19,21);2*(H,6,7)/p+1. The van der Waals surface area contributed by atoms with Crippen molar-refractivity contribution in [2.45, 2.75) is 18.8 Å². The monoisotopic (exact) mass is 532 g/mol. The predicted octanol–water partition coefficient (Wildman–Crippen LogP) is 3.86. The Morgan fingerprint density at radius 2 is 1.51 bits per heavy atom. The number of carboxylic acids is 2. The highest BCUT2D eigenvalue weighted by molar-refractivity contribution is 5.83. The molecule has 0 unspecified atom stereocenters. The second-order valence-corrected chi connectivity index (χ2v) is 7.22. The van der Waals surface area contributed by atoms with Crippen LogP contribution in [0.2, 0.25) is 0 Å². The maximum Gasteiger partial charge on any atom is 0.490 e. The van der Waals surface area contributed by atoms with Gasteiger partial charge in [0.1, 0.15) is 18.1 Å². The summed E-state index contributed by atoms with van der Waals surface area (Å²) >= 11 is 0. The van der Waals surface area contributed by atoms with E-state index < -0.39 is 24.3 Å². The molecule has 0 amide bonds. The Balaban J connectivity index is 0.000000286. The SMILES string of the molecule is C[n+]1c2ccccc2nc2ccc(NCCc3cnc[nH]3)cc21.O=C(O)C(F)(F)F.O=C(O)C(F)(F)F. The number of alkyl halides is 6. The number of carbonyl (C=O) groups is 2.